The lowest BCUT2D eigenvalue weighted by Gasteiger charge is -2.28. The van der Waals surface area contributed by atoms with Gasteiger partial charge in [0.2, 0.25) is 41.3 Å². The SMILES string of the molecule is COC(=O)[C@@H](NC(=O)[C@H](CC(C)C)NC(=O)[C@@H](NC(=O)CCCOc1ccc2ccc(OCCCC(=O)N[C@@H](CCC(=O)OC(C)(C)C)C(=O)N[C@@H](CC(C)C)C(N)=O)nc2c1)C(C)C)C(C)C. The Kier molecular flexibility index (Phi) is 24.2. The van der Waals surface area contributed by atoms with Crippen molar-refractivity contribution in [2.45, 2.75) is 163 Å². The van der Waals surface area contributed by atoms with Gasteiger partial charge in [-0.25, -0.2) is 9.78 Å². The summed E-state index contributed by atoms with van der Waals surface area (Å²) < 4.78 is 22.0. The Morgan fingerprint density at radius 3 is 1.74 bits per heavy atom. The Morgan fingerprint density at radius 2 is 1.18 bits per heavy atom. The van der Waals surface area contributed by atoms with Crippen LogP contribution in [-0.4, -0.2) is 108 Å². The van der Waals surface area contributed by atoms with Crippen molar-refractivity contribution in [3.63, 3.8) is 0 Å². The van der Waals surface area contributed by atoms with Gasteiger partial charge in [0.1, 0.15) is 41.6 Å². The predicted molar refractivity (Wildman–Crippen MR) is 256 cm³/mol. The number of fused-ring (bicyclic) bond motifs is 1. The minimum absolute atomic E-state index is 0.00741. The summed E-state index contributed by atoms with van der Waals surface area (Å²) in [6.07, 6.45) is 1.09. The molecule has 6 amide bonds. The highest BCUT2D eigenvalue weighted by Crippen LogP contribution is 2.23. The van der Waals surface area contributed by atoms with Crippen molar-refractivity contribution in [2.24, 2.45) is 29.4 Å². The first-order valence-electron chi connectivity index (χ1n) is 23.5. The number of carbonyl (C=O) groups excluding carboxylic acids is 8. The molecule has 1 heterocycles. The third kappa shape index (κ3) is 21.7. The molecular formula is C49H77N7O12. The standard InChI is InChI=1S/C49H77N7O12/c1-28(2)25-36(44(50)60)53-45(61)34(20-22-41(59)68-49(9,10)11)51-38(57)15-14-24-67-40-21-18-32-17-19-33(27-35(32)52-40)66-23-13-16-39(58)55-42(30(5)6)47(63)54-37(26-29(3)4)46(62)56-43(31(7)8)48(64)65-12/h17-19,21,27-31,34,36-37,42-43H,13-16,20,22-26H2,1-12H3,(H2,50,60)(H,51,57)(H,53,61)(H,54,63)(H,55,58)(H,56,62)/t34-,36-,37-,42-,43-/m0/s1. The van der Waals surface area contributed by atoms with Crippen LogP contribution in [0.25, 0.3) is 10.9 Å². The van der Waals surface area contributed by atoms with Crippen LogP contribution in [0.2, 0.25) is 0 Å². The van der Waals surface area contributed by atoms with Crippen LogP contribution in [0.5, 0.6) is 11.6 Å². The summed E-state index contributed by atoms with van der Waals surface area (Å²) in [4.78, 5) is 107. The molecule has 0 aliphatic heterocycles. The van der Waals surface area contributed by atoms with Crippen molar-refractivity contribution >= 4 is 58.3 Å². The van der Waals surface area contributed by atoms with Gasteiger partial charge in [-0.15, -0.1) is 0 Å². The monoisotopic (exact) mass is 956 g/mol. The second-order valence-corrected chi connectivity index (χ2v) is 19.5. The van der Waals surface area contributed by atoms with E-state index in [9.17, 15) is 38.4 Å². The molecule has 2 aromatic rings. The molecule has 1 aromatic carbocycles. The van der Waals surface area contributed by atoms with Crippen LogP contribution in [-0.2, 0) is 47.8 Å². The second-order valence-electron chi connectivity index (χ2n) is 19.5. The molecule has 0 fully saturated rings. The molecule has 0 bridgehead atoms. The van der Waals surface area contributed by atoms with Crippen molar-refractivity contribution in [2.75, 3.05) is 20.3 Å². The Balaban J connectivity index is 1.95. The zero-order valence-corrected chi connectivity index (χ0v) is 42.1. The number of nitrogens with two attached hydrogens (primary N) is 1. The highest BCUT2D eigenvalue weighted by Gasteiger charge is 2.33. The fourth-order valence-electron chi connectivity index (χ4n) is 6.88. The summed E-state index contributed by atoms with van der Waals surface area (Å²) in [5, 5.41) is 14.4. The highest BCUT2D eigenvalue weighted by molar-refractivity contribution is 5.94. The molecule has 19 heteroatoms. The van der Waals surface area contributed by atoms with E-state index in [1.807, 2.05) is 39.8 Å². The number of benzene rings is 1. The number of methoxy groups -OCH3 is 1. The summed E-state index contributed by atoms with van der Waals surface area (Å²) >= 11 is 0. The summed E-state index contributed by atoms with van der Waals surface area (Å²) in [6, 6.07) is 4.06. The van der Waals surface area contributed by atoms with Crippen LogP contribution >= 0.6 is 0 Å². The molecule has 0 saturated heterocycles. The van der Waals surface area contributed by atoms with E-state index < -0.39 is 77.3 Å². The van der Waals surface area contributed by atoms with Gasteiger partial charge in [0.05, 0.1) is 25.8 Å². The minimum Gasteiger partial charge on any atom is -0.494 e. The number of esters is 2. The van der Waals surface area contributed by atoms with E-state index in [0.29, 0.717) is 36.4 Å². The molecule has 0 radical (unpaired) electrons. The zero-order valence-electron chi connectivity index (χ0n) is 42.1. The Hall–Kier alpha value is -6.01. The van der Waals surface area contributed by atoms with Gasteiger partial charge in [-0.3, -0.25) is 33.6 Å². The van der Waals surface area contributed by atoms with E-state index in [1.54, 1.807) is 66.7 Å². The number of nitrogens with zero attached hydrogens (tertiary/aromatic N) is 1. The van der Waals surface area contributed by atoms with E-state index in [-0.39, 0.29) is 74.9 Å². The summed E-state index contributed by atoms with van der Waals surface area (Å²) in [5.74, 6) is -3.94. The average Bonchev–Trinajstić information content (AvgIpc) is 3.24. The fraction of sp³-hybridized carbons (Fsp3) is 0.653. The number of nitrogens with one attached hydrogen (secondary N) is 5. The topological polar surface area (TPSA) is 273 Å². The van der Waals surface area contributed by atoms with Gasteiger partial charge >= 0.3 is 11.9 Å². The van der Waals surface area contributed by atoms with Gasteiger partial charge in [0.25, 0.3) is 0 Å². The van der Waals surface area contributed by atoms with Gasteiger partial charge in [0, 0.05) is 36.8 Å². The fourth-order valence-corrected chi connectivity index (χ4v) is 6.88. The summed E-state index contributed by atoms with van der Waals surface area (Å²) in [5.41, 5.74) is 5.37. The van der Waals surface area contributed by atoms with Crippen LogP contribution in [0.4, 0.5) is 0 Å². The lowest BCUT2D eigenvalue weighted by Crippen LogP contribution is -2.57. The molecule has 68 heavy (non-hydrogen) atoms. The van der Waals surface area contributed by atoms with Gasteiger partial charge in [-0.2, -0.15) is 0 Å². The van der Waals surface area contributed by atoms with E-state index >= 15 is 0 Å². The smallest absolute Gasteiger partial charge is 0.328 e. The number of amides is 6. The van der Waals surface area contributed by atoms with E-state index in [1.165, 1.54) is 7.11 Å². The van der Waals surface area contributed by atoms with Crippen molar-refractivity contribution < 1.29 is 57.3 Å². The maximum absolute atomic E-state index is 13.5. The molecule has 1 aromatic heterocycles. The van der Waals surface area contributed by atoms with Crippen molar-refractivity contribution in [1.29, 1.82) is 0 Å². The lowest BCUT2D eigenvalue weighted by molar-refractivity contribution is -0.155. The van der Waals surface area contributed by atoms with Crippen LogP contribution in [0, 0.1) is 23.7 Å². The average molecular weight is 956 g/mol. The number of ether oxygens (including phenoxy) is 4. The van der Waals surface area contributed by atoms with Crippen molar-refractivity contribution in [3.8, 4) is 11.6 Å². The number of primary amides is 1. The maximum Gasteiger partial charge on any atom is 0.328 e. The molecule has 0 aliphatic carbocycles. The number of hydrogen-bond donors (Lipinski definition) is 6. The summed E-state index contributed by atoms with van der Waals surface area (Å²) in [6.45, 7) is 20.2. The molecule has 7 N–H and O–H groups in total. The van der Waals surface area contributed by atoms with Gasteiger partial charge < -0.3 is 51.3 Å². The van der Waals surface area contributed by atoms with Gasteiger partial charge in [-0.1, -0.05) is 55.4 Å². The Morgan fingerprint density at radius 1 is 0.632 bits per heavy atom. The quantitative estimate of drug-likeness (QED) is 0.0495. The van der Waals surface area contributed by atoms with Gasteiger partial charge in [-0.05, 0) is 94.7 Å². The first kappa shape index (κ1) is 58.1. The van der Waals surface area contributed by atoms with Crippen molar-refractivity contribution in [3.05, 3.63) is 30.3 Å². The maximum atomic E-state index is 13.5. The molecule has 0 saturated carbocycles. The first-order valence-corrected chi connectivity index (χ1v) is 23.5. The number of aromatic nitrogens is 1. The second kappa shape index (κ2) is 28.3. The Labute approximate surface area is 401 Å². The largest absolute Gasteiger partial charge is 0.494 e. The predicted octanol–water partition coefficient (Wildman–Crippen LogP) is 4.16. The van der Waals surface area contributed by atoms with Gasteiger partial charge in [0.15, 0.2) is 0 Å². The molecule has 380 valence electrons. The first-order chi connectivity index (χ1) is 31.8. The number of rotatable bonds is 29. The van der Waals surface area contributed by atoms with Crippen LogP contribution in [0.1, 0.15) is 128 Å². The lowest BCUT2D eigenvalue weighted by atomic mass is 9.98. The van der Waals surface area contributed by atoms with E-state index in [0.717, 1.165) is 5.39 Å². The molecule has 2 rings (SSSR count). The molecule has 19 nitrogen and oxygen atoms in total. The summed E-state index contributed by atoms with van der Waals surface area (Å²) in [7, 11) is 1.24. The third-order valence-corrected chi connectivity index (χ3v) is 10.4. The zero-order chi connectivity index (χ0) is 51.3. The molecule has 5 atom stereocenters. The minimum atomic E-state index is -1.12. The molecular weight excluding hydrogens is 879 g/mol. The highest BCUT2D eigenvalue weighted by atomic mass is 16.6. The third-order valence-electron chi connectivity index (χ3n) is 10.4. The number of pyridine rings is 1. The normalized spacial score (nSPS) is 13.8. The number of carbonyl (C=O) groups is 8. The van der Waals surface area contributed by atoms with Crippen LogP contribution in [0.15, 0.2) is 30.3 Å². The van der Waals surface area contributed by atoms with Crippen LogP contribution < -0.4 is 41.8 Å². The number of hydrogen-bond acceptors (Lipinski definition) is 13. The molecule has 0 unspecified atom stereocenters. The van der Waals surface area contributed by atoms with E-state index in [2.05, 4.69) is 31.6 Å². The molecule has 0 spiro atoms. The molecule has 0 aliphatic rings. The van der Waals surface area contributed by atoms with E-state index in [4.69, 9.17) is 24.7 Å². The van der Waals surface area contributed by atoms with Crippen LogP contribution in [0.3, 0.4) is 0 Å². The Bertz CT molecular complexity index is 2020. The van der Waals surface area contributed by atoms with Crippen molar-refractivity contribution in [1.82, 2.24) is 31.6 Å².